The number of hydrogen-bond donors (Lipinski definition) is 1. The van der Waals surface area contributed by atoms with Gasteiger partial charge in [0.2, 0.25) is 0 Å². The number of aromatic nitrogens is 4. The molecule has 3 heterocycles. The predicted octanol–water partition coefficient (Wildman–Crippen LogP) is 1.98. The summed E-state index contributed by atoms with van der Waals surface area (Å²) in [6.07, 6.45) is 3.51. The zero-order valence-corrected chi connectivity index (χ0v) is 10.3. The number of hydrogen-bond acceptors (Lipinski definition) is 5. The summed E-state index contributed by atoms with van der Waals surface area (Å²) in [5.41, 5.74) is 9.70. The van der Waals surface area contributed by atoms with Gasteiger partial charge in [-0.2, -0.15) is 4.37 Å². The van der Waals surface area contributed by atoms with Gasteiger partial charge in [0, 0.05) is 13.2 Å². The maximum Gasteiger partial charge on any atom is 0.145 e. The van der Waals surface area contributed by atoms with E-state index in [0.29, 0.717) is 5.00 Å². The van der Waals surface area contributed by atoms with Gasteiger partial charge >= 0.3 is 0 Å². The Labute approximate surface area is 102 Å². The summed E-state index contributed by atoms with van der Waals surface area (Å²) in [6, 6.07) is 1.94. The minimum absolute atomic E-state index is 0.703. The molecule has 3 aromatic rings. The number of fused-ring (bicyclic) bond motifs is 1. The van der Waals surface area contributed by atoms with Crippen molar-refractivity contribution in [2.45, 2.75) is 6.92 Å². The molecule has 0 saturated heterocycles. The number of anilines is 1. The Morgan fingerprint density at radius 2 is 2.24 bits per heavy atom. The van der Waals surface area contributed by atoms with Crippen LogP contribution in [-0.2, 0) is 7.05 Å². The molecular weight excluding hydrogens is 234 g/mol. The number of nitrogens with zero attached hydrogens (tertiary/aromatic N) is 4. The Hall–Kier alpha value is -1.95. The van der Waals surface area contributed by atoms with Crippen molar-refractivity contribution < 1.29 is 0 Å². The Bertz CT molecular complexity index is 678. The highest BCUT2D eigenvalue weighted by molar-refractivity contribution is 7.10. The fraction of sp³-hybridized carbons (Fsp3) is 0.182. The van der Waals surface area contributed by atoms with Crippen molar-refractivity contribution in [3.63, 3.8) is 0 Å². The first-order chi connectivity index (χ1) is 8.18. The summed E-state index contributed by atoms with van der Waals surface area (Å²) in [4.78, 5) is 8.64. The Kier molecular flexibility index (Phi) is 2.12. The van der Waals surface area contributed by atoms with Crippen LogP contribution in [0.25, 0.3) is 22.4 Å². The van der Waals surface area contributed by atoms with Gasteiger partial charge in [0.25, 0.3) is 0 Å². The Morgan fingerprint density at radius 3 is 2.88 bits per heavy atom. The van der Waals surface area contributed by atoms with E-state index in [9.17, 15) is 0 Å². The molecule has 0 aliphatic rings. The van der Waals surface area contributed by atoms with Crippen molar-refractivity contribution in [2.75, 3.05) is 5.73 Å². The fourth-order valence-electron chi connectivity index (χ4n) is 1.93. The highest BCUT2D eigenvalue weighted by Gasteiger charge is 2.16. The van der Waals surface area contributed by atoms with Gasteiger partial charge in [-0.25, -0.2) is 4.98 Å². The first-order valence-electron chi connectivity index (χ1n) is 5.17. The van der Waals surface area contributed by atoms with Crippen molar-refractivity contribution in [1.29, 1.82) is 0 Å². The fourth-order valence-corrected chi connectivity index (χ4v) is 2.59. The second-order valence-electron chi connectivity index (χ2n) is 3.87. The number of imidazole rings is 1. The van der Waals surface area contributed by atoms with E-state index in [0.717, 1.165) is 28.1 Å². The molecule has 0 saturated carbocycles. The van der Waals surface area contributed by atoms with E-state index in [-0.39, 0.29) is 0 Å². The third-order valence-corrected chi connectivity index (χ3v) is 3.56. The SMILES string of the molecule is Cc1nsc(N)c1-c1nc2cnccc2n1C. The number of nitrogen functional groups attached to an aromatic ring is 1. The molecule has 6 heteroatoms. The van der Waals surface area contributed by atoms with Crippen LogP contribution in [-0.4, -0.2) is 18.9 Å². The monoisotopic (exact) mass is 245 g/mol. The topological polar surface area (TPSA) is 69.6 Å². The van der Waals surface area contributed by atoms with Crippen LogP contribution in [0.1, 0.15) is 5.69 Å². The van der Waals surface area contributed by atoms with Crippen LogP contribution in [0.2, 0.25) is 0 Å². The van der Waals surface area contributed by atoms with Gasteiger partial charge in [-0.15, -0.1) is 0 Å². The normalized spacial score (nSPS) is 11.2. The maximum atomic E-state index is 5.95. The lowest BCUT2D eigenvalue weighted by molar-refractivity contribution is 0.957. The number of aryl methyl sites for hydroxylation is 2. The number of nitrogens with two attached hydrogens (primary N) is 1. The average molecular weight is 245 g/mol. The van der Waals surface area contributed by atoms with Crippen LogP contribution in [0.15, 0.2) is 18.5 Å². The summed E-state index contributed by atoms with van der Waals surface area (Å²) in [5, 5.41) is 0.703. The van der Waals surface area contributed by atoms with Crippen molar-refractivity contribution >= 4 is 27.6 Å². The van der Waals surface area contributed by atoms with E-state index in [1.807, 2.05) is 24.6 Å². The molecule has 0 aromatic carbocycles. The molecule has 0 aliphatic heterocycles. The molecule has 0 aliphatic carbocycles. The van der Waals surface area contributed by atoms with Gasteiger partial charge in [0.1, 0.15) is 16.3 Å². The molecule has 17 heavy (non-hydrogen) atoms. The first-order valence-corrected chi connectivity index (χ1v) is 5.94. The second kappa shape index (κ2) is 3.53. The summed E-state index contributed by atoms with van der Waals surface area (Å²) in [7, 11) is 1.97. The van der Waals surface area contributed by atoms with E-state index >= 15 is 0 Å². The molecule has 2 N–H and O–H groups in total. The van der Waals surface area contributed by atoms with Crippen molar-refractivity contribution in [3.05, 3.63) is 24.2 Å². The van der Waals surface area contributed by atoms with Crippen LogP contribution in [0.3, 0.4) is 0 Å². The third-order valence-electron chi connectivity index (χ3n) is 2.80. The van der Waals surface area contributed by atoms with Crippen LogP contribution < -0.4 is 5.73 Å². The van der Waals surface area contributed by atoms with Gasteiger partial charge in [0.15, 0.2) is 0 Å². The van der Waals surface area contributed by atoms with E-state index in [1.165, 1.54) is 11.5 Å². The lowest BCUT2D eigenvalue weighted by atomic mass is 10.2. The minimum atomic E-state index is 0.703. The van der Waals surface area contributed by atoms with Crippen LogP contribution in [0, 0.1) is 6.92 Å². The molecule has 0 spiro atoms. The summed E-state index contributed by atoms with van der Waals surface area (Å²) in [5.74, 6) is 0.844. The zero-order valence-electron chi connectivity index (χ0n) is 9.51. The van der Waals surface area contributed by atoms with E-state index in [1.54, 1.807) is 12.4 Å². The third kappa shape index (κ3) is 1.41. The van der Waals surface area contributed by atoms with E-state index in [4.69, 9.17) is 5.73 Å². The van der Waals surface area contributed by atoms with Crippen LogP contribution >= 0.6 is 11.5 Å². The molecule has 86 valence electrons. The van der Waals surface area contributed by atoms with Gasteiger partial charge < -0.3 is 10.3 Å². The molecule has 0 unspecified atom stereocenters. The Morgan fingerprint density at radius 1 is 1.41 bits per heavy atom. The molecule has 3 aromatic heterocycles. The van der Waals surface area contributed by atoms with Gasteiger partial charge in [0.05, 0.1) is 23.0 Å². The smallest absolute Gasteiger partial charge is 0.145 e. The lowest BCUT2D eigenvalue weighted by Crippen LogP contribution is -1.95. The standard InChI is InChI=1S/C11H11N5S/c1-6-9(10(12)17-15-6)11-14-7-5-13-4-3-8(7)16(11)2/h3-5H,12H2,1-2H3. The van der Waals surface area contributed by atoms with Gasteiger partial charge in [-0.3, -0.25) is 4.98 Å². The first kappa shape index (κ1) is 10.2. The molecule has 0 fully saturated rings. The molecule has 0 amide bonds. The molecule has 3 rings (SSSR count). The quantitative estimate of drug-likeness (QED) is 0.711. The highest BCUT2D eigenvalue weighted by Crippen LogP contribution is 2.32. The highest BCUT2D eigenvalue weighted by atomic mass is 32.1. The largest absolute Gasteiger partial charge is 0.389 e. The van der Waals surface area contributed by atoms with E-state index < -0.39 is 0 Å². The van der Waals surface area contributed by atoms with Gasteiger partial charge in [-0.1, -0.05) is 0 Å². The lowest BCUT2D eigenvalue weighted by Gasteiger charge is -2.01. The molecule has 5 nitrogen and oxygen atoms in total. The summed E-state index contributed by atoms with van der Waals surface area (Å²) < 4.78 is 6.27. The number of rotatable bonds is 1. The van der Waals surface area contributed by atoms with Crippen molar-refractivity contribution in [2.24, 2.45) is 7.05 Å². The van der Waals surface area contributed by atoms with Crippen molar-refractivity contribution in [3.8, 4) is 11.4 Å². The summed E-state index contributed by atoms with van der Waals surface area (Å²) in [6.45, 7) is 1.94. The number of pyridine rings is 1. The Balaban J connectivity index is 2.35. The van der Waals surface area contributed by atoms with Crippen LogP contribution in [0.5, 0.6) is 0 Å². The molecule has 0 atom stereocenters. The molecule has 0 bridgehead atoms. The molecule has 0 radical (unpaired) electrons. The predicted molar refractivity (Wildman–Crippen MR) is 68.8 cm³/mol. The van der Waals surface area contributed by atoms with Gasteiger partial charge in [-0.05, 0) is 24.5 Å². The van der Waals surface area contributed by atoms with E-state index in [2.05, 4.69) is 14.3 Å². The van der Waals surface area contributed by atoms with Crippen molar-refractivity contribution in [1.82, 2.24) is 18.9 Å². The molecular formula is C11H11N5S. The van der Waals surface area contributed by atoms with Crippen LogP contribution in [0.4, 0.5) is 5.00 Å². The average Bonchev–Trinajstić information content (AvgIpc) is 2.82. The zero-order chi connectivity index (χ0) is 12.0. The second-order valence-corrected chi connectivity index (χ2v) is 4.67. The summed E-state index contributed by atoms with van der Waals surface area (Å²) >= 11 is 1.30. The maximum absolute atomic E-state index is 5.95. The minimum Gasteiger partial charge on any atom is -0.389 e.